The van der Waals surface area contributed by atoms with Crippen molar-refractivity contribution in [2.75, 3.05) is 32.7 Å². The van der Waals surface area contributed by atoms with Crippen LogP contribution in [0, 0.1) is 5.92 Å². The third-order valence-corrected chi connectivity index (χ3v) is 5.23. The molecule has 0 spiro atoms. The Morgan fingerprint density at radius 2 is 1.75 bits per heavy atom. The highest BCUT2D eigenvalue weighted by atomic mass is 16.2. The van der Waals surface area contributed by atoms with E-state index in [1.165, 1.54) is 6.54 Å². The second kappa shape index (κ2) is 6.90. The molecule has 2 rings (SSSR count). The maximum absolute atomic E-state index is 12.6. The molecule has 4 nitrogen and oxygen atoms in total. The molecule has 20 heavy (non-hydrogen) atoms. The van der Waals surface area contributed by atoms with Gasteiger partial charge in [0, 0.05) is 19.6 Å². The van der Waals surface area contributed by atoms with E-state index in [0.29, 0.717) is 0 Å². The largest absolute Gasteiger partial charge is 0.341 e. The lowest BCUT2D eigenvalue weighted by molar-refractivity contribution is -0.138. The van der Waals surface area contributed by atoms with E-state index in [1.807, 2.05) is 4.90 Å². The number of piperidine rings is 1. The summed E-state index contributed by atoms with van der Waals surface area (Å²) in [5.74, 6) is 0.965. The van der Waals surface area contributed by atoms with E-state index in [9.17, 15) is 4.79 Å². The zero-order chi connectivity index (χ0) is 14.6. The van der Waals surface area contributed by atoms with Crippen molar-refractivity contribution < 1.29 is 4.79 Å². The first-order chi connectivity index (χ1) is 9.59. The van der Waals surface area contributed by atoms with Crippen LogP contribution in [0.3, 0.4) is 0 Å². The Balaban J connectivity index is 1.80. The van der Waals surface area contributed by atoms with Gasteiger partial charge >= 0.3 is 0 Å². The number of hydrogen-bond acceptors (Lipinski definition) is 3. The quantitative estimate of drug-likeness (QED) is 0.836. The zero-order valence-electron chi connectivity index (χ0n) is 13.2. The van der Waals surface area contributed by atoms with Gasteiger partial charge in [-0.3, -0.25) is 4.79 Å². The molecule has 0 unspecified atom stereocenters. The molecule has 1 aliphatic heterocycles. The van der Waals surface area contributed by atoms with E-state index in [0.717, 1.165) is 70.6 Å². The fourth-order valence-electron chi connectivity index (χ4n) is 3.70. The van der Waals surface area contributed by atoms with Crippen molar-refractivity contribution in [3.63, 3.8) is 0 Å². The molecule has 0 aromatic rings. The van der Waals surface area contributed by atoms with Gasteiger partial charge in [0.2, 0.25) is 5.91 Å². The highest BCUT2D eigenvalue weighted by Crippen LogP contribution is 2.30. The molecule has 0 aromatic heterocycles. The summed E-state index contributed by atoms with van der Waals surface area (Å²) in [7, 11) is 0. The van der Waals surface area contributed by atoms with E-state index in [-0.39, 0.29) is 5.91 Å². The van der Waals surface area contributed by atoms with Gasteiger partial charge < -0.3 is 15.5 Å². The molecule has 1 aliphatic carbocycles. The van der Waals surface area contributed by atoms with Gasteiger partial charge in [0.25, 0.3) is 0 Å². The van der Waals surface area contributed by atoms with Crippen molar-refractivity contribution >= 4 is 5.91 Å². The maximum atomic E-state index is 12.6. The number of likely N-dealkylation sites (tertiary alicyclic amines) is 1. The summed E-state index contributed by atoms with van der Waals surface area (Å²) in [4.78, 5) is 17.1. The predicted octanol–water partition coefficient (Wildman–Crippen LogP) is 1.84. The standard InChI is InChI=1S/C16H31N3O/c1-3-18(4-2)13-14-7-11-19(12-8-14)15(20)16(17)9-5-6-10-16/h14H,3-13,17H2,1-2H3. The Bertz CT molecular complexity index is 314. The summed E-state index contributed by atoms with van der Waals surface area (Å²) in [6.07, 6.45) is 6.26. The summed E-state index contributed by atoms with van der Waals surface area (Å²) >= 11 is 0. The molecule has 116 valence electrons. The Morgan fingerprint density at radius 3 is 2.25 bits per heavy atom. The summed E-state index contributed by atoms with van der Waals surface area (Å²) < 4.78 is 0. The first-order valence-electron chi connectivity index (χ1n) is 8.39. The second-order valence-electron chi connectivity index (χ2n) is 6.58. The van der Waals surface area contributed by atoms with Gasteiger partial charge in [-0.25, -0.2) is 0 Å². The second-order valence-corrected chi connectivity index (χ2v) is 6.58. The van der Waals surface area contributed by atoms with Crippen LogP contribution in [0.15, 0.2) is 0 Å². The molecular formula is C16H31N3O. The molecule has 1 saturated carbocycles. The highest BCUT2D eigenvalue weighted by molar-refractivity contribution is 5.86. The molecule has 1 saturated heterocycles. The third-order valence-electron chi connectivity index (χ3n) is 5.23. The molecule has 0 aromatic carbocycles. The van der Waals surface area contributed by atoms with Gasteiger partial charge in [-0.15, -0.1) is 0 Å². The number of nitrogens with two attached hydrogens (primary N) is 1. The predicted molar refractivity (Wildman–Crippen MR) is 82.5 cm³/mol. The topological polar surface area (TPSA) is 49.6 Å². The van der Waals surface area contributed by atoms with Gasteiger partial charge in [-0.1, -0.05) is 26.7 Å². The summed E-state index contributed by atoms with van der Waals surface area (Å²) in [5, 5.41) is 0. The monoisotopic (exact) mass is 281 g/mol. The van der Waals surface area contributed by atoms with Crippen molar-refractivity contribution in [2.45, 2.75) is 57.9 Å². The average molecular weight is 281 g/mol. The molecule has 0 radical (unpaired) electrons. The molecule has 1 heterocycles. The molecule has 1 amide bonds. The molecule has 0 atom stereocenters. The van der Waals surface area contributed by atoms with Crippen molar-refractivity contribution in [2.24, 2.45) is 11.7 Å². The van der Waals surface area contributed by atoms with E-state index in [2.05, 4.69) is 18.7 Å². The fourth-order valence-corrected chi connectivity index (χ4v) is 3.70. The Morgan fingerprint density at radius 1 is 1.20 bits per heavy atom. The number of hydrogen-bond donors (Lipinski definition) is 1. The molecule has 0 bridgehead atoms. The molecule has 2 aliphatic rings. The lowest BCUT2D eigenvalue weighted by atomic mass is 9.92. The third kappa shape index (κ3) is 3.53. The Hall–Kier alpha value is -0.610. The SMILES string of the molecule is CCN(CC)CC1CCN(C(=O)C2(N)CCCC2)CC1. The lowest BCUT2D eigenvalue weighted by Gasteiger charge is -2.38. The van der Waals surface area contributed by atoms with Crippen LogP contribution in [0.4, 0.5) is 0 Å². The van der Waals surface area contributed by atoms with Crippen LogP contribution in [0.2, 0.25) is 0 Å². The Labute approximate surface area is 123 Å². The van der Waals surface area contributed by atoms with E-state index in [1.54, 1.807) is 0 Å². The van der Waals surface area contributed by atoms with Crippen LogP contribution in [-0.2, 0) is 4.79 Å². The van der Waals surface area contributed by atoms with Crippen LogP contribution < -0.4 is 5.73 Å². The van der Waals surface area contributed by atoms with Gasteiger partial charge in [-0.05, 0) is 44.7 Å². The van der Waals surface area contributed by atoms with Crippen LogP contribution in [0.5, 0.6) is 0 Å². The van der Waals surface area contributed by atoms with E-state index >= 15 is 0 Å². The van der Waals surface area contributed by atoms with Crippen LogP contribution >= 0.6 is 0 Å². The van der Waals surface area contributed by atoms with E-state index < -0.39 is 5.54 Å². The first-order valence-corrected chi connectivity index (χ1v) is 8.39. The molecular weight excluding hydrogens is 250 g/mol. The summed E-state index contributed by atoms with van der Waals surface area (Å²) in [5.41, 5.74) is 5.76. The van der Waals surface area contributed by atoms with E-state index in [4.69, 9.17) is 5.73 Å². The molecule has 4 heteroatoms. The van der Waals surface area contributed by atoms with Crippen molar-refractivity contribution in [1.82, 2.24) is 9.80 Å². The van der Waals surface area contributed by atoms with Crippen molar-refractivity contribution in [3.8, 4) is 0 Å². The number of rotatable bonds is 5. The van der Waals surface area contributed by atoms with Gasteiger partial charge in [0.15, 0.2) is 0 Å². The number of carbonyl (C=O) groups is 1. The van der Waals surface area contributed by atoms with Crippen LogP contribution in [0.1, 0.15) is 52.4 Å². The van der Waals surface area contributed by atoms with Crippen LogP contribution in [-0.4, -0.2) is 54.0 Å². The maximum Gasteiger partial charge on any atom is 0.242 e. The number of nitrogens with zero attached hydrogens (tertiary/aromatic N) is 2. The fraction of sp³-hybridized carbons (Fsp3) is 0.938. The van der Waals surface area contributed by atoms with Gasteiger partial charge in [-0.2, -0.15) is 0 Å². The van der Waals surface area contributed by atoms with Crippen molar-refractivity contribution in [1.29, 1.82) is 0 Å². The number of amides is 1. The number of carbonyl (C=O) groups excluding carboxylic acids is 1. The summed E-state index contributed by atoms with van der Waals surface area (Å²) in [6, 6.07) is 0. The average Bonchev–Trinajstić information content (AvgIpc) is 2.92. The van der Waals surface area contributed by atoms with Crippen LogP contribution in [0.25, 0.3) is 0 Å². The minimum absolute atomic E-state index is 0.219. The van der Waals surface area contributed by atoms with Gasteiger partial charge in [0.05, 0.1) is 5.54 Å². The zero-order valence-corrected chi connectivity index (χ0v) is 13.2. The van der Waals surface area contributed by atoms with Gasteiger partial charge in [0.1, 0.15) is 0 Å². The molecule has 2 N–H and O–H groups in total. The smallest absolute Gasteiger partial charge is 0.242 e. The Kier molecular flexibility index (Phi) is 5.44. The minimum atomic E-state index is -0.536. The van der Waals surface area contributed by atoms with Crippen molar-refractivity contribution in [3.05, 3.63) is 0 Å². The first kappa shape index (κ1) is 15.8. The molecule has 2 fully saturated rings. The minimum Gasteiger partial charge on any atom is -0.341 e. The summed E-state index contributed by atoms with van der Waals surface area (Å²) in [6.45, 7) is 9.69. The highest BCUT2D eigenvalue weighted by Gasteiger charge is 2.40. The lowest BCUT2D eigenvalue weighted by Crippen LogP contribution is -2.55. The normalized spacial score (nSPS) is 23.5.